The normalized spacial score (nSPS) is 12.4. The van der Waals surface area contributed by atoms with Gasteiger partial charge in [0.25, 0.3) is 0 Å². The smallest absolute Gasteiger partial charge is 0.0453 e. The van der Waals surface area contributed by atoms with Crippen LogP contribution >= 0.6 is 55.1 Å². The van der Waals surface area contributed by atoms with Crippen molar-refractivity contribution in [3.05, 3.63) is 66.5 Å². The van der Waals surface area contributed by atoms with Crippen LogP contribution in [0.25, 0.3) is 0 Å². The summed E-state index contributed by atoms with van der Waals surface area (Å²) in [6.45, 7) is 3.00. The highest BCUT2D eigenvalue weighted by atomic mass is 79.9. The minimum atomic E-state index is 0.263. The summed E-state index contributed by atoms with van der Waals surface area (Å²) in [4.78, 5) is 0. The van der Waals surface area contributed by atoms with Crippen LogP contribution in [-0.4, -0.2) is 6.54 Å². The van der Waals surface area contributed by atoms with Crippen LogP contribution in [-0.2, 0) is 6.42 Å². The Hall–Kier alpha value is -0.0600. The number of halogens is 4. The van der Waals surface area contributed by atoms with Crippen molar-refractivity contribution in [2.24, 2.45) is 0 Å². The van der Waals surface area contributed by atoms with E-state index in [0.717, 1.165) is 32.5 Å². The Morgan fingerprint density at radius 2 is 1.86 bits per heavy atom. The zero-order valence-electron chi connectivity index (χ0n) is 11.5. The van der Waals surface area contributed by atoms with Crippen LogP contribution in [0.5, 0.6) is 0 Å². The van der Waals surface area contributed by atoms with Gasteiger partial charge in [-0.3, -0.25) is 0 Å². The fraction of sp³-hybridized carbons (Fsp3) is 0.250. The number of hydrogen-bond donors (Lipinski definition) is 1. The topological polar surface area (TPSA) is 12.0 Å². The molecule has 0 aliphatic heterocycles. The van der Waals surface area contributed by atoms with Gasteiger partial charge in [-0.05, 0) is 55.3 Å². The molecule has 5 heteroatoms. The Kier molecular flexibility index (Phi) is 6.57. The standard InChI is InChI=1S/C16H15Br2Cl2N/c1-10(14-5-3-12(17)8-15(14)18)21-7-6-11-2-4-13(19)9-16(11)20/h2-5,8-10,21H,6-7H2,1H3. The van der Waals surface area contributed by atoms with E-state index in [1.807, 2.05) is 18.2 Å². The highest BCUT2D eigenvalue weighted by Gasteiger charge is 2.09. The van der Waals surface area contributed by atoms with E-state index in [0.29, 0.717) is 5.02 Å². The summed E-state index contributed by atoms with van der Waals surface area (Å²) >= 11 is 19.1. The van der Waals surface area contributed by atoms with Crippen LogP contribution in [0.15, 0.2) is 45.3 Å². The van der Waals surface area contributed by atoms with E-state index >= 15 is 0 Å². The average Bonchev–Trinajstić information content (AvgIpc) is 2.41. The maximum absolute atomic E-state index is 6.18. The van der Waals surface area contributed by atoms with Crippen molar-refractivity contribution in [3.8, 4) is 0 Å². The summed E-state index contributed by atoms with van der Waals surface area (Å²) in [6, 6.07) is 12.1. The molecule has 21 heavy (non-hydrogen) atoms. The summed E-state index contributed by atoms with van der Waals surface area (Å²) in [7, 11) is 0. The molecule has 0 fully saturated rings. The maximum atomic E-state index is 6.18. The molecule has 0 radical (unpaired) electrons. The second-order valence-electron chi connectivity index (χ2n) is 4.83. The van der Waals surface area contributed by atoms with Gasteiger partial charge in [0, 0.05) is 25.0 Å². The Bertz CT molecular complexity index is 632. The number of benzene rings is 2. The minimum absolute atomic E-state index is 0.263. The molecule has 0 aliphatic carbocycles. The lowest BCUT2D eigenvalue weighted by molar-refractivity contribution is 0.575. The van der Waals surface area contributed by atoms with E-state index in [4.69, 9.17) is 23.2 Å². The van der Waals surface area contributed by atoms with Crippen LogP contribution in [0.1, 0.15) is 24.1 Å². The summed E-state index contributed by atoms with van der Waals surface area (Å²) < 4.78 is 2.17. The van der Waals surface area contributed by atoms with Gasteiger partial charge in [-0.15, -0.1) is 0 Å². The molecule has 0 heterocycles. The van der Waals surface area contributed by atoms with Crippen LogP contribution < -0.4 is 5.32 Å². The van der Waals surface area contributed by atoms with Crippen LogP contribution in [0.3, 0.4) is 0 Å². The van der Waals surface area contributed by atoms with Crippen LogP contribution in [0, 0.1) is 0 Å². The first kappa shape index (κ1) is 17.3. The zero-order valence-corrected chi connectivity index (χ0v) is 16.2. The van der Waals surface area contributed by atoms with Crippen molar-refractivity contribution in [2.75, 3.05) is 6.54 Å². The second kappa shape index (κ2) is 7.98. The predicted molar refractivity (Wildman–Crippen MR) is 98.4 cm³/mol. The predicted octanol–water partition coefficient (Wildman–Crippen LogP) is 6.41. The molecule has 0 amide bonds. The monoisotopic (exact) mass is 449 g/mol. The number of hydrogen-bond acceptors (Lipinski definition) is 1. The van der Waals surface area contributed by atoms with E-state index in [1.54, 1.807) is 6.07 Å². The molecule has 0 saturated heterocycles. The molecule has 1 nitrogen and oxygen atoms in total. The molecule has 0 aliphatic rings. The zero-order chi connectivity index (χ0) is 15.4. The van der Waals surface area contributed by atoms with Gasteiger partial charge in [-0.1, -0.05) is 67.2 Å². The SMILES string of the molecule is CC(NCCc1ccc(Cl)cc1Cl)c1ccc(Br)cc1Br. The van der Waals surface area contributed by atoms with Crippen LogP contribution in [0.4, 0.5) is 0 Å². The summed E-state index contributed by atoms with van der Waals surface area (Å²) in [5, 5.41) is 4.91. The van der Waals surface area contributed by atoms with Crippen molar-refractivity contribution in [1.29, 1.82) is 0 Å². The van der Waals surface area contributed by atoms with Gasteiger partial charge in [0.1, 0.15) is 0 Å². The van der Waals surface area contributed by atoms with Gasteiger partial charge in [0.2, 0.25) is 0 Å². The molecule has 0 saturated carbocycles. The molecule has 0 bridgehead atoms. The third kappa shape index (κ3) is 4.97. The molecular weight excluding hydrogens is 437 g/mol. The van der Waals surface area contributed by atoms with E-state index < -0.39 is 0 Å². The summed E-state index contributed by atoms with van der Waals surface area (Å²) in [5.41, 5.74) is 2.34. The average molecular weight is 452 g/mol. The molecule has 112 valence electrons. The Morgan fingerprint density at radius 3 is 2.52 bits per heavy atom. The van der Waals surface area contributed by atoms with E-state index in [-0.39, 0.29) is 6.04 Å². The second-order valence-corrected chi connectivity index (χ2v) is 7.44. The van der Waals surface area contributed by atoms with E-state index in [9.17, 15) is 0 Å². The van der Waals surface area contributed by atoms with Gasteiger partial charge < -0.3 is 5.32 Å². The van der Waals surface area contributed by atoms with Gasteiger partial charge in [0.15, 0.2) is 0 Å². The molecule has 2 rings (SSSR count). The molecule has 1 atom stereocenters. The largest absolute Gasteiger partial charge is 0.310 e. The molecule has 1 N–H and O–H groups in total. The highest BCUT2D eigenvalue weighted by molar-refractivity contribution is 9.11. The van der Waals surface area contributed by atoms with Crippen molar-refractivity contribution in [1.82, 2.24) is 5.32 Å². The van der Waals surface area contributed by atoms with Gasteiger partial charge in [-0.25, -0.2) is 0 Å². The third-order valence-corrected chi connectivity index (χ3v) is 5.06. The van der Waals surface area contributed by atoms with Gasteiger partial charge in [0.05, 0.1) is 0 Å². The first-order valence-electron chi connectivity index (χ1n) is 6.59. The van der Waals surface area contributed by atoms with Crippen molar-refractivity contribution < 1.29 is 0 Å². The molecule has 2 aromatic carbocycles. The Balaban J connectivity index is 1.93. The van der Waals surface area contributed by atoms with Crippen LogP contribution in [0.2, 0.25) is 10.0 Å². The number of nitrogens with one attached hydrogen (secondary N) is 1. The third-order valence-electron chi connectivity index (χ3n) is 3.29. The van der Waals surface area contributed by atoms with Crippen molar-refractivity contribution in [3.63, 3.8) is 0 Å². The molecule has 0 spiro atoms. The fourth-order valence-electron chi connectivity index (χ4n) is 2.11. The maximum Gasteiger partial charge on any atom is 0.0453 e. The minimum Gasteiger partial charge on any atom is -0.310 e. The van der Waals surface area contributed by atoms with E-state index in [1.165, 1.54) is 5.56 Å². The summed E-state index contributed by atoms with van der Waals surface area (Å²) in [6.07, 6.45) is 0.870. The fourth-order valence-corrected chi connectivity index (χ4v) is 4.00. The van der Waals surface area contributed by atoms with Crippen molar-refractivity contribution >= 4 is 55.1 Å². The molecular formula is C16H15Br2Cl2N. The Labute approximate surface area is 152 Å². The highest BCUT2D eigenvalue weighted by Crippen LogP contribution is 2.27. The van der Waals surface area contributed by atoms with Gasteiger partial charge in [-0.2, -0.15) is 0 Å². The molecule has 2 aromatic rings. The Morgan fingerprint density at radius 1 is 1.10 bits per heavy atom. The number of rotatable bonds is 5. The lowest BCUT2D eigenvalue weighted by atomic mass is 10.1. The molecule has 1 unspecified atom stereocenters. The summed E-state index contributed by atoms with van der Waals surface area (Å²) in [5.74, 6) is 0. The van der Waals surface area contributed by atoms with Crippen molar-refractivity contribution in [2.45, 2.75) is 19.4 Å². The molecule has 0 aromatic heterocycles. The first-order valence-corrected chi connectivity index (χ1v) is 8.94. The quantitative estimate of drug-likeness (QED) is 0.553. The lowest BCUT2D eigenvalue weighted by Crippen LogP contribution is -2.21. The van der Waals surface area contributed by atoms with E-state index in [2.05, 4.69) is 56.2 Å². The first-order chi connectivity index (χ1) is 9.97. The van der Waals surface area contributed by atoms with Gasteiger partial charge >= 0.3 is 0 Å². The lowest BCUT2D eigenvalue weighted by Gasteiger charge is -2.16.